The lowest BCUT2D eigenvalue weighted by Gasteiger charge is -2.07. The number of halogens is 2. The third-order valence-corrected chi connectivity index (χ3v) is 3.83. The molecule has 1 amide bonds. The zero-order valence-corrected chi connectivity index (χ0v) is 14.6. The number of amides is 1. The van der Waals surface area contributed by atoms with Gasteiger partial charge in [-0.15, -0.1) is 0 Å². The Hall–Kier alpha value is -2.67. The Morgan fingerprint density at radius 2 is 2.12 bits per heavy atom. The first-order valence-electron chi connectivity index (χ1n) is 7.65. The Balaban J connectivity index is 2.03. The van der Waals surface area contributed by atoms with E-state index >= 15 is 0 Å². The molecule has 2 aromatic heterocycles. The van der Waals surface area contributed by atoms with Crippen molar-refractivity contribution in [3.63, 3.8) is 0 Å². The molecule has 3 aromatic rings. The first kappa shape index (κ1) is 17.2. The number of aryl methyl sites for hydroxylation is 1. The summed E-state index contributed by atoms with van der Waals surface area (Å²) in [6.45, 7) is 5.46. The number of carbonyl (C=O) groups excluding carboxylic acids is 1. The normalized spacial score (nSPS) is 11.1. The second-order valence-electron chi connectivity index (χ2n) is 5.84. The number of aromatic nitrogens is 3. The van der Waals surface area contributed by atoms with E-state index in [1.54, 1.807) is 19.2 Å². The van der Waals surface area contributed by atoms with Crippen LogP contribution in [0.1, 0.15) is 19.6 Å². The van der Waals surface area contributed by atoms with Crippen LogP contribution >= 0.6 is 11.6 Å². The molecule has 0 unspecified atom stereocenters. The summed E-state index contributed by atoms with van der Waals surface area (Å²) in [6.07, 6.45) is 1.55. The van der Waals surface area contributed by atoms with Gasteiger partial charge in [-0.05, 0) is 45.0 Å². The van der Waals surface area contributed by atoms with Crippen LogP contribution in [-0.2, 0) is 0 Å². The van der Waals surface area contributed by atoms with Crippen molar-refractivity contribution in [3.8, 4) is 22.5 Å². The summed E-state index contributed by atoms with van der Waals surface area (Å²) in [7, 11) is 0. The van der Waals surface area contributed by atoms with Gasteiger partial charge in [-0.3, -0.25) is 0 Å². The molecular weight excluding hydrogens is 347 g/mol. The van der Waals surface area contributed by atoms with E-state index in [9.17, 15) is 9.18 Å². The summed E-state index contributed by atoms with van der Waals surface area (Å²) >= 11 is 6.13. The average Bonchev–Trinajstić information content (AvgIpc) is 3.13. The Morgan fingerprint density at radius 1 is 1.36 bits per heavy atom. The summed E-state index contributed by atoms with van der Waals surface area (Å²) in [6, 6.07) is 5.37. The molecule has 0 atom stereocenters. The Kier molecular flexibility index (Phi) is 4.59. The van der Waals surface area contributed by atoms with E-state index in [1.807, 2.05) is 13.8 Å². The van der Waals surface area contributed by atoms with Crippen molar-refractivity contribution < 1.29 is 13.7 Å². The Bertz CT molecular complexity index is 933. The second kappa shape index (κ2) is 6.68. The van der Waals surface area contributed by atoms with Crippen LogP contribution in [0.5, 0.6) is 0 Å². The number of rotatable bonds is 3. The van der Waals surface area contributed by atoms with Crippen LogP contribution in [0.4, 0.5) is 9.18 Å². The van der Waals surface area contributed by atoms with E-state index in [2.05, 4.69) is 15.6 Å². The molecular formula is C17H16ClFN4O2. The van der Waals surface area contributed by atoms with Crippen molar-refractivity contribution >= 4 is 17.6 Å². The van der Waals surface area contributed by atoms with Gasteiger partial charge in [0.25, 0.3) is 0 Å². The monoisotopic (exact) mass is 362 g/mol. The minimum absolute atomic E-state index is 0.00828. The lowest BCUT2D eigenvalue weighted by molar-refractivity contribution is 0.237. The topological polar surface area (TPSA) is 73.0 Å². The molecule has 1 N–H and O–H groups in total. The Morgan fingerprint density at radius 3 is 2.80 bits per heavy atom. The van der Waals surface area contributed by atoms with Crippen molar-refractivity contribution in [2.45, 2.75) is 26.8 Å². The molecule has 2 heterocycles. The van der Waals surface area contributed by atoms with Gasteiger partial charge in [0.2, 0.25) is 0 Å². The summed E-state index contributed by atoms with van der Waals surface area (Å²) in [5.41, 5.74) is 2.07. The fourth-order valence-electron chi connectivity index (χ4n) is 2.42. The second-order valence-corrected chi connectivity index (χ2v) is 6.24. The zero-order valence-electron chi connectivity index (χ0n) is 13.9. The molecule has 6 nitrogen and oxygen atoms in total. The molecule has 0 aliphatic carbocycles. The van der Waals surface area contributed by atoms with E-state index in [0.29, 0.717) is 28.3 Å². The van der Waals surface area contributed by atoms with E-state index < -0.39 is 5.82 Å². The van der Waals surface area contributed by atoms with Gasteiger partial charge in [0.15, 0.2) is 0 Å². The highest BCUT2D eigenvalue weighted by Crippen LogP contribution is 2.36. The zero-order chi connectivity index (χ0) is 18.1. The number of hydrogen-bond acceptors (Lipinski definition) is 4. The molecule has 130 valence electrons. The maximum atomic E-state index is 13.3. The number of benzene rings is 1. The van der Waals surface area contributed by atoms with Gasteiger partial charge in [0.1, 0.15) is 17.3 Å². The minimum Gasteiger partial charge on any atom is -0.360 e. The van der Waals surface area contributed by atoms with E-state index in [4.69, 9.17) is 16.1 Å². The summed E-state index contributed by atoms with van der Waals surface area (Å²) < 4.78 is 19.8. The van der Waals surface area contributed by atoms with Crippen molar-refractivity contribution in [1.29, 1.82) is 0 Å². The number of nitrogens with zero attached hydrogens (tertiary/aromatic N) is 3. The van der Waals surface area contributed by atoms with Crippen molar-refractivity contribution in [1.82, 2.24) is 20.3 Å². The molecule has 0 saturated heterocycles. The van der Waals surface area contributed by atoms with Gasteiger partial charge in [-0.2, -0.15) is 9.78 Å². The van der Waals surface area contributed by atoms with E-state index in [-0.39, 0.29) is 17.1 Å². The Labute approximate surface area is 148 Å². The standard InChI is InChI=1S/C17H16ClFN4O2/c1-9(2)20-17(24)23-7-6-14(21-23)15-10(3)25-22-16(15)12-5-4-11(19)8-13(12)18/h4-9H,1-3H3,(H,20,24). The van der Waals surface area contributed by atoms with Gasteiger partial charge in [-0.25, -0.2) is 9.18 Å². The van der Waals surface area contributed by atoms with Gasteiger partial charge in [0.05, 0.1) is 16.3 Å². The first-order chi connectivity index (χ1) is 11.9. The van der Waals surface area contributed by atoms with E-state index in [0.717, 1.165) is 0 Å². The highest BCUT2D eigenvalue weighted by atomic mass is 35.5. The van der Waals surface area contributed by atoms with Crippen molar-refractivity contribution in [2.75, 3.05) is 0 Å². The fraction of sp³-hybridized carbons (Fsp3) is 0.235. The summed E-state index contributed by atoms with van der Waals surface area (Å²) in [4.78, 5) is 12.1. The van der Waals surface area contributed by atoms with Crippen LogP contribution in [0.25, 0.3) is 22.5 Å². The molecule has 0 radical (unpaired) electrons. The van der Waals surface area contributed by atoms with Crippen LogP contribution in [0.2, 0.25) is 5.02 Å². The SMILES string of the molecule is Cc1onc(-c2ccc(F)cc2Cl)c1-c1ccn(C(=O)NC(C)C)n1. The lowest BCUT2D eigenvalue weighted by Crippen LogP contribution is -2.34. The summed E-state index contributed by atoms with van der Waals surface area (Å²) in [5, 5.41) is 11.3. The summed E-state index contributed by atoms with van der Waals surface area (Å²) in [5.74, 6) is 0.0788. The quantitative estimate of drug-likeness (QED) is 0.755. The van der Waals surface area contributed by atoms with Crippen LogP contribution in [0, 0.1) is 12.7 Å². The van der Waals surface area contributed by atoms with Crippen LogP contribution in [0.3, 0.4) is 0 Å². The van der Waals surface area contributed by atoms with Crippen LogP contribution < -0.4 is 5.32 Å². The molecule has 8 heteroatoms. The minimum atomic E-state index is -0.440. The molecule has 25 heavy (non-hydrogen) atoms. The number of nitrogens with one attached hydrogen (secondary N) is 1. The first-order valence-corrected chi connectivity index (χ1v) is 8.03. The van der Waals surface area contributed by atoms with Gasteiger partial charge in [-0.1, -0.05) is 16.8 Å². The molecule has 0 aliphatic heterocycles. The largest absolute Gasteiger partial charge is 0.360 e. The average molecular weight is 363 g/mol. The highest BCUT2D eigenvalue weighted by molar-refractivity contribution is 6.33. The molecule has 0 spiro atoms. The molecule has 0 fully saturated rings. The third kappa shape index (κ3) is 3.41. The van der Waals surface area contributed by atoms with Crippen LogP contribution in [0.15, 0.2) is 35.0 Å². The number of carbonyl (C=O) groups is 1. The predicted octanol–water partition coefficient (Wildman–Crippen LogP) is 4.27. The van der Waals surface area contributed by atoms with E-state index in [1.165, 1.54) is 22.9 Å². The van der Waals surface area contributed by atoms with Gasteiger partial charge < -0.3 is 9.84 Å². The molecule has 1 aromatic carbocycles. The lowest BCUT2D eigenvalue weighted by atomic mass is 10.0. The maximum Gasteiger partial charge on any atom is 0.342 e. The van der Waals surface area contributed by atoms with Gasteiger partial charge >= 0.3 is 6.03 Å². The third-order valence-electron chi connectivity index (χ3n) is 3.51. The van der Waals surface area contributed by atoms with Crippen molar-refractivity contribution in [3.05, 3.63) is 47.1 Å². The smallest absolute Gasteiger partial charge is 0.342 e. The molecule has 0 saturated carbocycles. The van der Waals surface area contributed by atoms with Crippen LogP contribution in [-0.4, -0.2) is 27.0 Å². The molecule has 0 bridgehead atoms. The molecule has 0 aliphatic rings. The maximum absolute atomic E-state index is 13.3. The number of hydrogen-bond donors (Lipinski definition) is 1. The predicted molar refractivity (Wildman–Crippen MR) is 91.9 cm³/mol. The molecule has 3 rings (SSSR count). The van der Waals surface area contributed by atoms with Gasteiger partial charge in [0, 0.05) is 17.8 Å². The fourth-order valence-corrected chi connectivity index (χ4v) is 2.68. The van der Waals surface area contributed by atoms with Crippen molar-refractivity contribution in [2.24, 2.45) is 0 Å². The highest BCUT2D eigenvalue weighted by Gasteiger charge is 2.21.